The summed E-state index contributed by atoms with van der Waals surface area (Å²) in [6, 6.07) is 11.7. The molecule has 0 bridgehead atoms. The number of aliphatic imine (C=N–C) groups is 1. The molecule has 1 aliphatic heterocycles. The fourth-order valence-electron chi connectivity index (χ4n) is 2.64. The lowest BCUT2D eigenvalue weighted by Gasteiger charge is -2.05. The number of benzene rings is 2. The second kappa shape index (κ2) is 7.41. The molecule has 0 fully saturated rings. The third-order valence-electron chi connectivity index (χ3n) is 4.16. The van der Waals surface area contributed by atoms with Gasteiger partial charge in [0.25, 0.3) is 5.69 Å². The molecule has 0 atom stereocenters. The van der Waals surface area contributed by atoms with Gasteiger partial charge in [-0.25, -0.2) is 9.79 Å². The number of carbonyl (C=O) groups is 1. The van der Waals surface area contributed by atoms with Crippen LogP contribution in [0.25, 0.3) is 6.08 Å². The van der Waals surface area contributed by atoms with Crippen molar-refractivity contribution >= 4 is 23.6 Å². The van der Waals surface area contributed by atoms with Gasteiger partial charge in [-0.2, -0.15) is 0 Å². The minimum Gasteiger partial charge on any atom is -0.496 e. The third-order valence-corrected chi connectivity index (χ3v) is 4.16. The van der Waals surface area contributed by atoms with Gasteiger partial charge in [-0.1, -0.05) is 26.0 Å². The number of esters is 1. The average molecular weight is 366 g/mol. The van der Waals surface area contributed by atoms with Crippen LogP contribution in [0, 0.1) is 10.1 Å². The molecule has 0 unspecified atom stereocenters. The summed E-state index contributed by atoms with van der Waals surface area (Å²) < 4.78 is 10.5. The molecular weight excluding hydrogens is 348 g/mol. The summed E-state index contributed by atoms with van der Waals surface area (Å²) in [6.07, 6.45) is 1.42. The molecule has 0 saturated heterocycles. The highest BCUT2D eigenvalue weighted by molar-refractivity contribution is 6.13. The molecule has 0 radical (unpaired) electrons. The number of cyclic esters (lactones) is 1. The Hall–Kier alpha value is -3.48. The standard InChI is InChI=1S/C20H18N2O5/c1-12(2)13-4-6-14(7-5-13)19-21-17(20(23)27-19)11-15-10-16(22(24)25)8-9-18(15)26-3/h4-12H,1-3H3/b17-11-. The summed E-state index contributed by atoms with van der Waals surface area (Å²) >= 11 is 0. The second-order valence-corrected chi connectivity index (χ2v) is 6.30. The van der Waals surface area contributed by atoms with Gasteiger partial charge in [0.1, 0.15) is 5.75 Å². The molecule has 0 aromatic heterocycles. The van der Waals surface area contributed by atoms with Gasteiger partial charge in [0.15, 0.2) is 5.70 Å². The quantitative estimate of drug-likeness (QED) is 0.344. The van der Waals surface area contributed by atoms with Crippen LogP contribution in [0.5, 0.6) is 5.75 Å². The molecule has 1 heterocycles. The number of rotatable bonds is 5. The number of ether oxygens (including phenoxy) is 2. The van der Waals surface area contributed by atoms with Crippen LogP contribution >= 0.6 is 0 Å². The molecule has 0 amide bonds. The summed E-state index contributed by atoms with van der Waals surface area (Å²) in [7, 11) is 1.45. The number of methoxy groups -OCH3 is 1. The van der Waals surface area contributed by atoms with Gasteiger partial charge in [0, 0.05) is 23.3 Å². The average Bonchev–Trinajstić information content (AvgIpc) is 3.02. The lowest BCUT2D eigenvalue weighted by molar-refractivity contribution is -0.384. The van der Waals surface area contributed by atoms with Crippen molar-refractivity contribution in [2.24, 2.45) is 4.99 Å². The van der Waals surface area contributed by atoms with E-state index < -0.39 is 10.9 Å². The molecule has 0 spiro atoms. The summed E-state index contributed by atoms with van der Waals surface area (Å²) in [5, 5.41) is 11.0. The zero-order chi connectivity index (χ0) is 19.6. The lowest BCUT2D eigenvalue weighted by Crippen LogP contribution is -2.05. The summed E-state index contributed by atoms with van der Waals surface area (Å²) in [5.41, 5.74) is 2.17. The molecule has 7 heteroatoms. The molecule has 2 aromatic rings. The molecular formula is C20H18N2O5. The molecule has 0 N–H and O–H groups in total. The Morgan fingerprint density at radius 3 is 2.48 bits per heavy atom. The largest absolute Gasteiger partial charge is 0.496 e. The molecule has 2 aromatic carbocycles. The number of nitrogens with zero attached hydrogens (tertiary/aromatic N) is 2. The van der Waals surface area contributed by atoms with Crippen LogP contribution in [-0.4, -0.2) is 23.9 Å². The van der Waals surface area contributed by atoms with Crippen LogP contribution in [0.2, 0.25) is 0 Å². The highest BCUT2D eigenvalue weighted by Crippen LogP contribution is 2.28. The van der Waals surface area contributed by atoms with E-state index in [1.54, 1.807) is 0 Å². The van der Waals surface area contributed by atoms with E-state index in [0.717, 1.165) is 0 Å². The monoisotopic (exact) mass is 366 g/mol. The van der Waals surface area contributed by atoms with E-state index in [0.29, 0.717) is 22.8 Å². The molecule has 7 nitrogen and oxygen atoms in total. The highest BCUT2D eigenvalue weighted by atomic mass is 16.6. The van der Waals surface area contributed by atoms with Crippen molar-refractivity contribution in [3.05, 3.63) is 75.0 Å². The number of non-ortho nitro benzene ring substituents is 1. The van der Waals surface area contributed by atoms with E-state index in [1.807, 2.05) is 24.3 Å². The fraction of sp³-hybridized carbons (Fsp3) is 0.200. The van der Waals surface area contributed by atoms with Gasteiger partial charge in [-0.05, 0) is 35.8 Å². The van der Waals surface area contributed by atoms with Gasteiger partial charge in [-0.15, -0.1) is 0 Å². The normalized spacial score (nSPS) is 15.0. The number of nitro groups is 1. The van der Waals surface area contributed by atoms with Crippen LogP contribution in [0.1, 0.15) is 36.5 Å². The molecule has 0 aliphatic carbocycles. The van der Waals surface area contributed by atoms with Gasteiger partial charge in [0.2, 0.25) is 5.90 Å². The van der Waals surface area contributed by atoms with Gasteiger partial charge >= 0.3 is 5.97 Å². The topological polar surface area (TPSA) is 91.0 Å². The van der Waals surface area contributed by atoms with Crippen molar-refractivity contribution in [2.75, 3.05) is 7.11 Å². The number of hydrogen-bond acceptors (Lipinski definition) is 6. The Kier molecular flexibility index (Phi) is 5.03. The molecule has 0 saturated carbocycles. The van der Waals surface area contributed by atoms with Crippen molar-refractivity contribution in [3.63, 3.8) is 0 Å². The number of nitro benzene ring substituents is 1. The summed E-state index contributed by atoms with van der Waals surface area (Å²) in [5.74, 6) is 0.368. The first kappa shape index (κ1) is 18.3. The predicted molar refractivity (Wildman–Crippen MR) is 101 cm³/mol. The van der Waals surface area contributed by atoms with Gasteiger partial charge in [0.05, 0.1) is 12.0 Å². The SMILES string of the molecule is COc1ccc([N+](=O)[O-])cc1/C=C1\N=C(c2ccc(C(C)C)cc2)OC1=O. The first-order valence-corrected chi connectivity index (χ1v) is 8.34. The summed E-state index contributed by atoms with van der Waals surface area (Å²) in [4.78, 5) is 26.9. The van der Waals surface area contributed by atoms with Gasteiger partial charge in [-0.3, -0.25) is 10.1 Å². The number of carbonyl (C=O) groups excluding carboxylic acids is 1. The minimum absolute atomic E-state index is 0.0525. The van der Waals surface area contributed by atoms with Crippen molar-refractivity contribution in [1.29, 1.82) is 0 Å². The van der Waals surface area contributed by atoms with Crippen LogP contribution in [0.3, 0.4) is 0 Å². The second-order valence-electron chi connectivity index (χ2n) is 6.30. The van der Waals surface area contributed by atoms with Crippen LogP contribution in [-0.2, 0) is 9.53 Å². The zero-order valence-electron chi connectivity index (χ0n) is 15.1. The van der Waals surface area contributed by atoms with Crippen molar-refractivity contribution < 1.29 is 19.2 Å². The minimum atomic E-state index is -0.619. The zero-order valence-corrected chi connectivity index (χ0v) is 15.1. The molecule has 27 heavy (non-hydrogen) atoms. The Morgan fingerprint density at radius 2 is 1.89 bits per heavy atom. The Labute approximate surface area is 156 Å². The van der Waals surface area contributed by atoms with Crippen molar-refractivity contribution in [2.45, 2.75) is 19.8 Å². The van der Waals surface area contributed by atoms with E-state index in [-0.39, 0.29) is 17.3 Å². The van der Waals surface area contributed by atoms with Crippen molar-refractivity contribution in [1.82, 2.24) is 0 Å². The fourth-order valence-corrected chi connectivity index (χ4v) is 2.64. The van der Waals surface area contributed by atoms with Crippen LogP contribution < -0.4 is 4.74 Å². The Bertz CT molecular complexity index is 959. The smallest absolute Gasteiger partial charge is 0.363 e. The van der Waals surface area contributed by atoms with Crippen LogP contribution in [0.4, 0.5) is 5.69 Å². The van der Waals surface area contributed by atoms with E-state index in [2.05, 4.69) is 18.8 Å². The maximum absolute atomic E-state index is 12.2. The van der Waals surface area contributed by atoms with E-state index in [4.69, 9.17) is 9.47 Å². The highest BCUT2D eigenvalue weighted by Gasteiger charge is 2.25. The predicted octanol–water partition coefficient (Wildman–Crippen LogP) is 4.07. The molecule has 3 rings (SSSR count). The Morgan fingerprint density at radius 1 is 1.19 bits per heavy atom. The third kappa shape index (κ3) is 3.87. The van der Waals surface area contributed by atoms with Gasteiger partial charge < -0.3 is 9.47 Å². The number of hydrogen-bond donors (Lipinski definition) is 0. The Balaban J connectivity index is 1.96. The molecule has 1 aliphatic rings. The lowest BCUT2D eigenvalue weighted by atomic mass is 10.0. The molecule has 138 valence electrons. The maximum atomic E-state index is 12.2. The first-order chi connectivity index (χ1) is 12.9. The summed E-state index contributed by atoms with van der Waals surface area (Å²) in [6.45, 7) is 4.19. The van der Waals surface area contributed by atoms with E-state index >= 15 is 0 Å². The van der Waals surface area contributed by atoms with Crippen LogP contribution in [0.15, 0.2) is 53.2 Å². The van der Waals surface area contributed by atoms with Crippen molar-refractivity contribution in [3.8, 4) is 5.75 Å². The maximum Gasteiger partial charge on any atom is 0.363 e. The van der Waals surface area contributed by atoms with E-state index in [1.165, 1.54) is 36.9 Å². The first-order valence-electron chi connectivity index (χ1n) is 8.34. The van der Waals surface area contributed by atoms with E-state index in [9.17, 15) is 14.9 Å².